The van der Waals surface area contributed by atoms with Gasteiger partial charge in [0.1, 0.15) is 12.6 Å². The molecule has 0 bridgehead atoms. The first-order valence-corrected chi connectivity index (χ1v) is 12.0. The molecule has 8 heteroatoms. The molecule has 3 rings (SSSR count). The van der Waals surface area contributed by atoms with Crippen molar-refractivity contribution in [2.24, 2.45) is 17.8 Å². The van der Waals surface area contributed by atoms with Crippen LogP contribution in [-0.4, -0.2) is 42.5 Å². The molecule has 7 nitrogen and oxygen atoms in total. The number of nitrogens with zero attached hydrogens (tertiary/aromatic N) is 2. The molecular weight excluding hydrogens is 392 g/mol. The first kappa shape index (κ1) is 22.0. The fourth-order valence-corrected chi connectivity index (χ4v) is 6.00. The second kappa shape index (κ2) is 9.00. The van der Waals surface area contributed by atoms with Crippen LogP contribution in [0.3, 0.4) is 0 Å². The Kier molecular flexibility index (Phi) is 6.83. The van der Waals surface area contributed by atoms with Gasteiger partial charge in [0.15, 0.2) is 0 Å². The van der Waals surface area contributed by atoms with Crippen LogP contribution >= 0.6 is 0 Å². The molecule has 2 heterocycles. The van der Waals surface area contributed by atoms with E-state index in [4.69, 9.17) is 4.74 Å². The van der Waals surface area contributed by atoms with Gasteiger partial charge in [-0.05, 0) is 49.5 Å². The van der Waals surface area contributed by atoms with Crippen molar-refractivity contribution >= 4 is 16.0 Å². The predicted octanol–water partition coefficient (Wildman–Crippen LogP) is 2.64. The van der Waals surface area contributed by atoms with E-state index in [1.54, 1.807) is 0 Å². The zero-order valence-corrected chi connectivity index (χ0v) is 18.4. The number of carbonyl (C=O) groups excluding carboxylic acids is 1. The minimum absolute atomic E-state index is 0.0399. The Balaban J connectivity index is 1.74. The summed E-state index contributed by atoms with van der Waals surface area (Å²) in [5.41, 5.74) is -0.417. The summed E-state index contributed by atoms with van der Waals surface area (Å²) in [6, 6.07) is 2.52. The first-order chi connectivity index (χ1) is 13.7. The van der Waals surface area contributed by atoms with E-state index in [2.05, 4.69) is 20.8 Å². The Hall–Kier alpha value is -1.67. The van der Waals surface area contributed by atoms with E-state index >= 15 is 0 Å². The molecule has 1 aliphatic carbocycles. The maximum Gasteiger partial charge on any atom is 0.326 e. The number of rotatable bonds is 6. The highest BCUT2D eigenvalue weighted by atomic mass is 32.2. The van der Waals surface area contributed by atoms with Gasteiger partial charge in [-0.2, -0.15) is 4.31 Å². The minimum atomic E-state index is -3.65. The largest absolute Gasteiger partial charge is 0.461 e. The van der Waals surface area contributed by atoms with Gasteiger partial charge in [-0.3, -0.25) is 9.59 Å². The summed E-state index contributed by atoms with van der Waals surface area (Å²) < 4.78 is 33.8. The van der Waals surface area contributed by atoms with E-state index in [1.807, 2.05) is 0 Å². The van der Waals surface area contributed by atoms with Crippen LogP contribution in [0.25, 0.3) is 0 Å². The Bertz CT molecular complexity index is 887. The van der Waals surface area contributed by atoms with E-state index in [-0.39, 0.29) is 17.5 Å². The Morgan fingerprint density at radius 1 is 1.21 bits per heavy atom. The fourth-order valence-electron chi connectivity index (χ4n) is 4.46. The summed E-state index contributed by atoms with van der Waals surface area (Å²) in [5.74, 6) is 0.734. The molecule has 1 saturated heterocycles. The summed E-state index contributed by atoms with van der Waals surface area (Å²) in [4.78, 5) is 24.8. The lowest BCUT2D eigenvalue weighted by Crippen LogP contribution is -2.37. The monoisotopic (exact) mass is 424 g/mol. The van der Waals surface area contributed by atoms with E-state index in [0.29, 0.717) is 30.8 Å². The number of sulfonamides is 1. The maximum absolute atomic E-state index is 12.7. The van der Waals surface area contributed by atoms with Crippen molar-refractivity contribution in [2.75, 3.05) is 13.1 Å². The lowest BCUT2D eigenvalue weighted by Gasteiger charge is -2.36. The molecule has 1 saturated carbocycles. The number of hydrogen-bond acceptors (Lipinski definition) is 5. The standard InChI is InChI=1S/C21H32N2O5S/c1-15(2)18-8-6-16(3)12-19(18)28-21(25)14-22-13-17(7-9-20(22)24)29(26,27)23-10-4-5-11-23/h7,9,13,15-16,18-19H,4-6,8,10-12,14H2,1-3H3. The van der Waals surface area contributed by atoms with Crippen molar-refractivity contribution in [1.29, 1.82) is 0 Å². The number of pyridine rings is 1. The molecule has 3 atom stereocenters. The van der Waals surface area contributed by atoms with E-state index < -0.39 is 21.6 Å². The third kappa shape index (κ3) is 5.09. The summed E-state index contributed by atoms with van der Waals surface area (Å²) in [6.45, 7) is 7.13. The van der Waals surface area contributed by atoms with Crippen molar-refractivity contribution in [3.8, 4) is 0 Å². The van der Waals surface area contributed by atoms with E-state index in [0.717, 1.165) is 36.7 Å². The molecule has 0 radical (unpaired) electrons. The average Bonchev–Trinajstić information content (AvgIpc) is 3.18. The van der Waals surface area contributed by atoms with Gasteiger partial charge < -0.3 is 9.30 Å². The molecule has 2 fully saturated rings. The van der Waals surface area contributed by atoms with Crippen molar-refractivity contribution in [2.45, 2.75) is 70.4 Å². The normalized spacial score (nSPS) is 26.0. The summed E-state index contributed by atoms with van der Waals surface area (Å²) in [7, 11) is -3.65. The zero-order valence-electron chi connectivity index (χ0n) is 17.5. The topological polar surface area (TPSA) is 85.7 Å². The molecule has 0 N–H and O–H groups in total. The van der Waals surface area contributed by atoms with Gasteiger partial charge in [-0.1, -0.05) is 27.2 Å². The number of esters is 1. The number of hydrogen-bond donors (Lipinski definition) is 0. The summed E-state index contributed by atoms with van der Waals surface area (Å²) in [5, 5.41) is 0. The van der Waals surface area contributed by atoms with Crippen molar-refractivity contribution < 1.29 is 17.9 Å². The quantitative estimate of drug-likeness (QED) is 0.656. The van der Waals surface area contributed by atoms with Crippen LogP contribution in [0.1, 0.15) is 52.9 Å². The number of ether oxygens (including phenoxy) is 1. The van der Waals surface area contributed by atoms with Crippen molar-refractivity contribution in [3.05, 3.63) is 28.7 Å². The SMILES string of the molecule is CC1CCC(C(C)C)C(OC(=O)Cn2cc(S(=O)(=O)N3CCCC3)ccc2=O)C1. The maximum atomic E-state index is 12.7. The predicted molar refractivity (Wildman–Crippen MR) is 110 cm³/mol. The smallest absolute Gasteiger partial charge is 0.326 e. The lowest BCUT2D eigenvalue weighted by atomic mass is 9.75. The molecule has 2 aliphatic rings. The third-order valence-corrected chi connectivity index (χ3v) is 8.08. The molecule has 3 unspecified atom stereocenters. The second-order valence-electron chi connectivity index (χ2n) is 8.80. The molecule has 0 amide bonds. The Labute approximate surface area is 173 Å². The van der Waals surface area contributed by atoms with Gasteiger partial charge in [0, 0.05) is 25.4 Å². The molecular formula is C21H32N2O5S. The van der Waals surface area contributed by atoms with Crippen molar-refractivity contribution in [3.63, 3.8) is 0 Å². The van der Waals surface area contributed by atoms with E-state index in [1.165, 1.54) is 22.6 Å². The second-order valence-corrected chi connectivity index (χ2v) is 10.7. The molecule has 29 heavy (non-hydrogen) atoms. The molecule has 0 spiro atoms. The third-order valence-electron chi connectivity index (χ3n) is 6.20. The van der Waals surface area contributed by atoms with Crippen LogP contribution in [-0.2, 0) is 26.1 Å². The van der Waals surface area contributed by atoms with Crippen LogP contribution in [0, 0.1) is 17.8 Å². The van der Waals surface area contributed by atoms with Gasteiger partial charge in [-0.25, -0.2) is 8.42 Å². The summed E-state index contributed by atoms with van der Waals surface area (Å²) >= 11 is 0. The van der Waals surface area contributed by atoms with Gasteiger partial charge in [0.05, 0.1) is 4.90 Å². The molecule has 1 aliphatic heterocycles. The summed E-state index contributed by atoms with van der Waals surface area (Å²) in [6.07, 6.45) is 5.77. The van der Waals surface area contributed by atoms with Crippen LogP contribution in [0.15, 0.2) is 28.0 Å². The molecule has 162 valence electrons. The first-order valence-electron chi connectivity index (χ1n) is 10.6. The zero-order chi connectivity index (χ0) is 21.2. The van der Waals surface area contributed by atoms with Gasteiger partial charge in [0.2, 0.25) is 10.0 Å². The van der Waals surface area contributed by atoms with Crippen LogP contribution < -0.4 is 5.56 Å². The molecule has 1 aromatic rings. The Morgan fingerprint density at radius 2 is 1.90 bits per heavy atom. The fraction of sp³-hybridized carbons (Fsp3) is 0.714. The van der Waals surface area contributed by atoms with Gasteiger partial charge in [-0.15, -0.1) is 0 Å². The van der Waals surface area contributed by atoms with Crippen molar-refractivity contribution in [1.82, 2.24) is 8.87 Å². The number of aromatic nitrogens is 1. The molecule has 1 aromatic heterocycles. The average molecular weight is 425 g/mol. The highest BCUT2D eigenvalue weighted by Crippen LogP contribution is 2.35. The van der Waals surface area contributed by atoms with Crippen LogP contribution in [0.5, 0.6) is 0 Å². The van der Waals surface area contributed by atoms with Crippen LogP contribution in [0.2, 0.25) is 0 Å². The minimum Gasteiger partial charge on any atom is -0.461 e. The molecule has 0 aromatic carbocycles. The highest BCUT2D eigenvalue weighted by molar-refractivity contribution is 7.89. The van der Waals surface area contributed by atoms with E-state index in [9.17, 15) is 18.0 Å². The number of carbonyl (C=O) groups is 1. The lowest BCUT2D eigenvalue weighted by molar-refractivity contribution is -0.156. The van der Waals surface area contributed by atoms with Gasteiger partial charge in [0.25, 0.3) is 5.56 Å². The van der Waals surface area contributed by atoms with Gasteiger partial charge >= 0.3 is 5.97 Å². The Morgan fingerprint density at radius 3 is 2.55 bits per heavy atom. The van der Waals surface area contributed by atoms with Crippen LogP contribution in [0.4, 0.5) is 0 Å². The highest BCUT2D eigenvalue weighted by Gasteiger charge is 2.33.